The number of nitrogens with two attached hydrogens (primary N) is 1. The summed E-state index contributed by atoms with van der Waals surface area (Å²) in [6, 6.07) is 8.87. The van der Waals surface area contributed by atoms with Crippen molar-refractivity contribution in [3.8, 4) is 22.9 Å². The summed E-state index contributed by atoms with van der Waals surface area (Å²) in [6.07, 6.45) is 1.09. The van der Waals surface area contributed by atoms with Crippen LogP contribution < -0.4 is 20.5 Å². The first-order valence-electron chi connectivity index (χ1n) is 8.42. The fraction of sp³-hybridized carbons (Fsp3) is 0.278. The van der Waals surface area contributed by atoms with E-state index in [0.29, 0.717) is 30.5 Å². The van der Waals surface area contributed by atoms with E-state index in [2.05, 4.69) is 15.5 Å². The highest BCUT2D eigenvalue weighted by Gasteiger charge is 2.14. The Kier molecular flexibility index (Phi) is 5.41. The highest BCUT2D eigenvalue weighted by Crippen LogP contribution is 2.32. The number of aromatic nitrogens is 4. The van der Waals surface area contributed by atoms with Crippen molar-refractivity contribution >= 4 is 11.8 Å². The standard InChI is InChI=1S/C18H22N6O3/c1-12-10-17(24(3)22-12)27-18(25)21-13-4-5-16(26-9-7-19)14(11-13)15-6-8-20-23(15)2/h4-6,8,10-11H,7,9,19H2,1-3H3,(H,21,25). The molecule has 3 rings (SSSR count). The molecule has 3 N–H and O–H groups in total. The third kappa shape index (κ3) is 4.26. The van der Waals surface area contributed by atoms with Gasteiger partial charge in [-0.05, 0) is 31.2 Å². The van der Waals surface area contributed by atoms with Gasteiger partial charge in [0.15, 0.2) is 0 Å². The Labute approximate surface area is 156 Å². The van der Waals surface area contributed by atoms with Gasteiger partial charge in [0.1, 0.15) is 12.4 Å². The number of nitrogens with one attached hydrogen (secondary N) is 1. The number of nitrogens with zero attached hydrogens (tertiary/aromatic N) is 4. The molecule has 0 saturated carbocycles. The Morgan fingerprint density at radius 1 is 1.22 bits per heavy atom. The molecular formula is C18H22N6O3. The number of rotatable bonds is 6. The molecule has 142 valence electrons. The second-order valence-electron chi connectivity index (χ2n) is 5.95. The number of ether oxygens (including phenoxy) is 2. The lowest BCUT2D eigenvalue weighted by molar-refractivity contribution is 0.211. The van der Waals surface area contributed by atoms with Crippen molar-refractivity contribution in [2.45, 2.75) is 6.92 Å². The minimum Gasteiger partial charge on any atom is -0.492 e. The van der Waals surface area contributed by atoms with E-state index in [9.17, 15) is 4.79 Å². The zero-order chi connectivity index (χ0) is 19.4. The molecule has 0 spiro atoms. The predicted molar refractivity (Wildman–Crippen MR) is 101 cm³/mol. The van der Waals surface area contributed by atoms with Crippen molar-refractivity contribution in [2.75, 3.05) is 18.5 Å². The zero-order valence-electron chi connectivity index (χ0n) is 15.5. The van der Waals surface area contributed by atoms with Crippen LogP contribution in [0.1, 0.15) is 5.69 Å². The zero-order valence-corrected chi connectivity index (χ0v) is 15.5. The van der Waals surface area contributed by atoms with Crippen LogP contribution in [-0.2, 0) is 14.1 Å². The molecule has 0 radical (unpaired) electrons. The van der Waals surface area contributed by atoms with Gasteiger partial charge in [0.2, 0.25) is 5.88 Å². The quantitative estimate of drug-likeness (QED) is 0.687. The van der Waals surface area contributed by atoms with E-state index in [0.717, 1.165) is 17.0 Å². The molecular weight excluding hydrogens is 348 g/mol. The van der Waals surface area contributed by atoms with Crippen LogP contribution in [0.4, 0.5) is 10.5 Å². The lowest BCUT2D eigenvalue weighted by Gasteiger charge is -2.14. The number of hydrogen-bond acceptors (Lipinski definition) is 6. The van der Waals surface area contributed by atoms with Gasteiger partial charge >= 0.3 is 6.09 Å². The van der Waals surface area contributed by atoms with Crippen LogP contribution in [0.3, 0.4) is 0 Å². The summed E-state index contributed by atoms with van der Waals surface area (Å²) in [6.45, 7) is 2.62. The van der Waals surface area contributed by atoms with Gasteiger partial charge in [0.05, 0.1) is 11.4 Å². The number of aryl methyl sites for hydroxylation is 3. The first-order chi connectivity index (χ1) is 13.0. The van der Waals surface area contributed by atoms with Crippen molar-refractivity contribution in [1.29, 1.82) is 0 Å². The van der Waals surface area contributed by atoms with Crippen molar-refractivity contribution in [1.82, 2.24) is 19.6 Å². The summed E-state index contributed by atoms with van der Waals surface area (Å²) in [7, 11) is 3.54. The maximum atomic E-state index is 12.2. The molecule has 2 aromatic heterocycles. The molecule has 9 heteroatoms. The van der Waals surface area contributed by atoms with Gasteiger partial charge in [0.25, 0.3) is 0 Å². The van der Waals surface area contributed by atoms with Crippen molar-refractivity contribution < 1.29 is 14.3 Å². The van der Waals surface area contributed by atoms with Crippen LogP contribution in [0.15, 0.2) is 36.5 Å². The summed E-state index contributed by atoms with van der Waals surface area (Å²) in [5, 5.41) is 11.1. The van der Waals surface area contributed by atoms with Gasteiger partial charge < -0.3 is 15.2 Å². The normalized spacial score (nSPS) is 10.7. The summed E-state index contributed by atoms with van der Waals surface area (Å²) in [5.41, 5.74) is 8.50. The molecule has 0 bridgehead atoms. The lowest BCUT2D eigenvalue weighted by Crippen LogP contribution is -2.18. The van der Waals surface area contributed by atoms with E-state index in [-0.39, 0.29) is 0 Å². The highest BCUT2D eigenvalue weighted by molar-refractivity contribution is 5.88. The van der Waals surface area contributed by atoms with Crippen LogP contribution in [0.2, 0.25) is 0 Å². The van der Waals surface area contributed by atoms with Gasteiger partial charge in [-0.25, -0.2) is 9.48 Å². The summed E-state index contributed by atoms with van der Waals surface area (Å²) in [5.74, 6) is 1.02. The van der Waals surface area contributed by atoms with Gasteiger partial charge in [-0.15, -0.1) is 0 Å². The first kappa shape index (κ1) is 18.5. The molecule has 0 aliphatic heterocycles. The average Bonchev–Trinajstić information content (AvgIpc) is 3.18. The van der Waals surface area contributed by atoms with Crippen LogP contribution in [0, 0.1) is 6.92 Å². The SMILES string of the molecule is Cc1cc(OC(=O)Nc2ccc(OCCN)c(-c3ccnn3C)c2)n(C)n1. The third-order valence-electron chi connectivity index (χ3n) is 3.85. The third-order valence-corrected chi connectivity index (χ3v) is 3.85. The predicted octanol–water partition coefficient (Wildman–Crippen LogP) is 2.08. The molecule has 2 heterocycles. The van der Waals surface area contributed by atoms with Crippen molar-refractivity contribution in [2.24, 2.45) is 19.8 Å². The number of benzene rings is 1. The van der Waals surface area contributed by atoms with E-state index in [1.54, 1.807) is 42.2 Å². The summed E-state index contributed by atoms with van der Waals surface area (Å²) in [4.78, 5) is 12.2. The lowest BCUT2D eigenvalue weighted by atomic mass is 10.1. The van der Waals surface area contributed by atoms with E-state index in [4.69, 9.17) is 15.2 Å². The fourth-order valence-corrected chi connectivity index (χ4v) is 2.66. The van der Waals surface area contributed by atoms with E-state index >= 15 is 0 Å². The van der Waals surface area contributed by atoms with E-state index < -0.39 is 6.09 Å². The minimum atomic E-state index is -0.607. The van der Waals surface area contributed by atoms with Gasteiger partial charge in [-0.1, -0.05) is 0 Å². The summed E-state index contributed by atoms with van der Waals surface area (Å²) >= 11 is 0. The Morgan fingerprint density at radius 2 is 2.04 bits per heavy atom. The van der Waals surface area contributed by atoms with Crippen LogP contribution in [-0.4, -0.2) is 38.8 Å². The molecule has 3 aromatic rings. The van der Waals surface area contributed by atoms with Crippen LogP contribution in [0.5, 0.6) is 11.6 Å². The van der Waals surface area contributed by atoms with E-state index in [1.165, 1.54) is 4.68 Å². The Morgan fingerprint density at radius 3 is 2.67 bits per heavy atom. The maximum Gasteiger partial charge on any atom is 0.418 e. The smallest absolute Gasteiger partial charge is 0.418 e. The topological polar surface area (TPSA) is 109 Å². The molecule has 0 aliphatic carbocycles. The minimum absolute atomic E-state index is 0.361. The van der Waals surface area contributed by atoms with Crippen LogP contribution in [0.25, 0.3) is 11.3 Å². The van der Waals surface area contributed by atoms with Gasteiger partial charge in [-0.2, -0.15) is 10.2 Å². The van der Waals surface area contributed by atoms with Crippen LogP contribution >= 0.6 is 0 Å². The largest absolute Gasteiger partial charge is 0.492 e. The Bertz CT molecular complexity index is 946. The molecule has 1 aromatic carbocycles. The molecule has 9 nitrogen and oxygen atoms in total. The molecule has 1 amide bonds. The molecule has 0 aliphatic rings. The monoisotopic (exact) mass is 370 g/mol. The molecule has 0 saturated heterocycles. The molecule has 0 unspecified atom stereocenters. The van der Waals surface area contributed by atoms with E-state index in [1.807, 2.05) is 20.0 Å². The number of amides is 1. The number of anilines is 1. The molecule has 27 heavy (non-hydrogen) atoms. The second kappa shape index (κ2) is 7.92. The first-order valence-corrected chi connectivity index (χ1v) is 8.42. The number of carbonyl (C=O) groups is 1. The number of hydrogen-bond donors (Lipinski definition) is 2. The summed E-state index contributed by atoms with van der Waals surface area (Å²) < 4.78 is 14.2. The maximum absolute atomic E-state index is 12.2. The van der Waals surface area contributed by atoms with Gasteiger partial charge in [0, 0.05) is 44.2 Å². The highest BCUT2D eigenvalue weighted by atomic mass is 16.6. The molecule has 0 atom stereocenters. The molecule has 0 fully saturated rings. The van der Waals surface area contributed by atoms with Crippen molar-refractivity contribution in [3.05, 3.63) is 42.2 Å². The number of carbonyl (C=O) groups excluding carboxylic acids is 1. The fourth-order valence-electron chi connectivity index (χ4n) is 2.66. The Hall–Kier alpha value is -3.33. The average molecular weight is 370 g/mol. The van der Waals surface area contributed by atoms with Crippen molar-refractivity contribution in [3.63, 3.8) is 0 Å². The van der Waals surface area contributed by atoms with Gasteiger partial charge in [-0.3, -0.25) is 10.00 Å². The second-order valence-corrected chi connectivity index (χ2v) is 5.95. The Balaban J connectivity index is 1.82.